The first-order valence-corrected chi connectivity index (χ1v) is 8.86. The molecule has 7 heteroatoms. The lowest BCUT2D eigenvalue weighted by Gasteiger charge is -2.20. The summed E-state index contributed by atoms with van der Waals surface area (Å²) >= 11 is 0. The highest BCUT2D eigenvalue weighted by molar-refractivity contribution is 5.98. The highest BCUT2D eigenvalue weighted by Gasteiger charge is 2.24. The van der Waals surface area contributed by atoms with Crippen LogP contribution in [0.3, 0.4) is 0 Å². The van der Waals surface area contributed by atoms with E-state index in [0.717, 1.165) is 24.2 Å². The van der Waals surface area contributed by atoms with Gasteiger partial charge in [0.25, 0.3) is 11.8 Å². The lowest BCUT2D eigenvalue weighted by molar-refractivity contribution is -0.131. The van der Waals surface area contributed by atoms with E-state index in [9.17, 15) is 9.59 Å². The Morgan fingerprint density at radius 1 is 1.04 bits per heavy atom. The van der Waals surface area contributed by atoms with Crippen molar-refractivity contribution in [1.29, 1.82) is 0 Å². The molecule has 0 aliphatic rings. The summed E-state index contributed by atoms with van der Waals surface area (Å²) in [5, 5.41) is 14.6. The van der Waals surface area contributed by atoms with E-state index in [-0.39, 0.29) is 0 Å². The fraction of sp³-hybridized carbons (Fsp3) is 0.300. The largest absolute Gasteiger partial charge is 0.339 e. The van der Waals surface area contributed by atoms with Gasteiger partial charge in [-0.3, -0.25) is 14.8 Å². The molecule has 0 bridgehead atoms. The van der Waals surface area contributed by atoms with Crippen molar-refractivity contribution in [2.45, 2.75) is 32.5 Å². The minimum absolute atomic E-state index is 0.402. The molecule has 0 aliphatic carbocycles. The number of nitrogens with one attached hydrogen (secondary N) is 3. The SMILES string of the molecule is CCNCc1ccc(-c2ccc(C(=O)N[C@H](C(=O)NO)[C@@H](C)N)cc2)cc1. The molecule has 2 aromatic rings. The average molecular weight is 370 g/mol. The third-order valence-electron chi connectivity index (χ3n) is 4.22. The minimum Gasteiger partial charge on any atom is -0.339 e. The molecule has 7 nitrogen and oxygen atoms in total. The molecule has 0 radical (unpaired) electrons. The topological polar surface area (TPSA) is 116 Å². The van der Waals surface area contributed by atoms with Crippen LogP contribution in [0.15, 0.2) is 48.5 Å². The van der Waals surface area contributed by atoms with Gasteiger partial charge in [0.05, 0.1) is 0 Å². The van der Waals surface area contributed by atoms with Gasteiger partial charge in [-0.25, -0.2) is 5.48 Å². The molecule has 0 aliphatic heterocycles. The Kier molecular flexibility index (Phi) is 7.48. The second kappa shape index (κ2) is 9.82. The summed E-state index contributed by atoms with van der Waals surface area (Å²) in [6.45, 7) is 5.40. The van der Waals surface area contributed by atoms with Gasteiger partial charge in [0, 0.05) is 18.2 Å². The Bertz CT molecular complexity index is 758. The zero-order chi connectivity index (χ0) is 19.8. The molecule has 0 fully saturated rings. The van der Waals surface area contributed by atoms with Crippen LogP contribution in [0.5, 0.6) is 0 Å². The standard InChI is InChI=1S/C20H26N4O3/c1-3-22-12-14-4-6-15(7-5-14)16-8-10-17(11-9-16)19(25)23-18(13(2)21)20(26)24-27/h4-11,13,18,22,27H,3,12,21H2,1-2H3,(H,23,25)(H,24,26)/t13-,18+/m1/s1. The first-order chi connectivity index (χ1) is 13.0. The van der Waals surface area contributed by atoms with Crippen molar-refractivity contribution >= 4 is 11.8 Å². The van der Waals surface area contributed by atoms with Gasteiger partial charge in [-0.15, -0.1) is 0 Å². The number of rotatable bonds is 8. The van der Waals surface area contributed by atoms with Crippen molar-refractivity contribution in [3.8, 4) is 11.1 Å². The van der Waals surface area contributed by atoms with Crippen LogP contribution in [0.2, 0.25) is 0 Å². The Balaban J connectivity index is 2.07. The third kappa shape index (κ3) is 5.62. The Hall–Kier alpha value is -2.74. The molecule has 0 saturated carbocycles. The molecule has 0 unspecified atom stereocenters. The molecule has 2 rings (SSSR count). The molecule has 2 aromatic carbocycles. The number of carbonyl (C=O) groups is 2. The number of hydrogen-bond acceptors (Lipinski definition) is 5. The van der Waals surface area contributed by atoms with Crippen LogP contribution in [0.25, 0.3) is 11.1 Å². The fourth-order valence-corrected chi connectivity index (χ4v) is 2.63. The summed E-state index contributed by atoms with van der Waals surface area (Å²) < 4.78 is 0. The van der Waals surface area contributed by atoms with Crippen LogP contribution in [0.4, 0.5) is 0 Å². The van der Waals surface area contributed by atoms with Crippen molar-refractivity contribution in [3.63, 3.8) is 0 Å². The van der Waals surface area contributed by atoms with E-state index >= 15 is 0 Å². The maximum Gasteiger partial charge on any atom is 0.267 e. The molecule has 0 saturated heterocycles. The number of hydrogen-bond donors (Lipinski definition) is 5. The minimum atomic E-state index is -1.02. The van der Waals surface area contributed by atoms with Crippen LogP contribution in [0.1, 0.15) is 29.8 Å². The molecule has 27 heavy (non-hydrogen) atoms. The van der Waals surface area contributed by atoms with Gasteiger partial charge in [-0.2, -0.15) is 0 Å². The van der Waals surface area contributed by atoms with Crippen LogP contribution in [-0.4, -0.2) is 35.7 Å². The summed E-state index contributed by atoms with van der Waals surface area (Å²) in [5.41, 5.74) is 10.9. The lowest BCUT2D eigenvalue weighted by Crippen LogP contribution is -2.54. The van der Waals surface area contributed by atoms with Crippen molar-refractivity contribution < 1.29 is 14.8 Å². The van der Waals surface area contributed by atoms with Gasteiger partial charge in [0.1, 0.15) is 6.04 Å². The summed E-state index contributed by atoms with van der Waals surface area (Å²) in [7, 11) is 0. The van der Waals surface area contributed by atoms with Gasteiger partial charge in [0.15, 0.2) is 0 Å². The fourth-order valence-electron chi connectivity index (χ4n) is 2.63. The highest BCUT2D eigenvalue weighted by Crippen LogP contribution is 2.20. The quantitative estimate of drug-likeness (QED) is 0.356. The summed E-state index contributed by atoms with van der Waals surface area (Å²) in [6, 6.07) is 13.6. The van der Waals surface area contributed by atoms with Crippen molar-refractivity contribution in [3.05, 3.63) is 59.7 Å². The third-order valence-corrected chi connectivity index (χ3v) is 4.22. The van der Waals surface area contributed by atoms with Gasteiger partial charge >= 0.3 is 0 Å². The highest BCUT2D eigenvalue weighted by atomic mass is 16.5. The molecule has 6 N–H and O–H groups in total. The van der Waals surface area contributed by atoms with E-state index < -0.39 is 23.9 Å². The van der Waals surface area contributed by atoms with E-state index in [1.165, 1.54) is 11.0 Å². The number of carbonyl (C=O) groups excluding carboxylic acids is 2. The van der Waals surface area contributed by atoms with Crippen LogP contribution >= 0.6 is 0 Å². The number of hydroxylamine groups is 1. The average Bonchev–Trinajstić information content (AvgIpc) is 2.70. The molecular weight excluding hydrogens is 344 g/mol. The van der Waals surface area contributed by atoms with Crippen LogP contribution < -0.4 is 21.8 Å². The first-order valence-electron chi connectivity index (χ1n) is 8.86. The van der Waals surface area contributed by atoms with E-state index in [4.69, 9.17) is 10.9 Å². The molecule has 2 amide bonds. The second-order valence-electron chi connectivity index (χ2n) is 6.34. The smallest absolute Gasteiger partial charge is 0.267 e. The molecular formula is C20H26N4O3. The number of benzene rings is 2. The van der Waals surface area contributed by atoms with Crippen molar-refractivity contribution in [2.24, 2.45) is 5.73 Å². The summed E-state index contributed by atoms with van der Waals surface area (Å²) in [6.07, 6.45) is 0. The van der Waals surface area contributed by atoms with E-state index in [1.54, 1.807) is 19.1 Å². The normalized spacial score (nSPS) is 12.9. The van der Waals surface area contributed by atoms with Crippen LogP contribution in [-0.2, 0) is 11.3 Å². The molecule has 2 atom stereocenters. The maximum absolute atomic E-state index is 12.3. The predicted molar refractivity (Wildman–Crippen MR) is 104 cm³/mol. The zero-order valence-electron chi connectivity index (χ0n) is 15.5. The van der Waals surface area contributed by atoms with Crippen LogP contribution in [0, 0.1) is 0 Å². The van der Waals surface area contributed by atoms with E-state index in [2.05, 4.69) is 29.7 Å². The van der Waals surface area contributed by atoms with Gasteiger partial charge in [0.2, 0.25) is 0 Å². The van der Waals surface area contributed by atoms with Crippen molar-refractivity contribution in [1.82, 2.24) is 16.1 Å². The van der Waals surface area contributed by atoms with Gasteiger partial charge in [-0.05, 0) is 42.3 Å². The number of amides is 2. The number of nitrogens with two attached hydrogens (primary N) is 1. The first kappa shape index (κ1) is 20.6. The summed E-state index contributed by atoms with van der Waals surface area (Å²) in [5.74, 6) is -1.19. The Labute approximate surface area is 158 Å². The lowest BCUT2D eigenvalue weighted by atomic mass is 10.0. The Morgan fingerprint density at radius 2 is 1.59 bits per heavy atom. The van der Waals surface area contributed by atoms with E-state index in [0.29, 0.717) is 5.56 Å². The molecule has 0 aromatic heterocycles. The zero-order valence-corrected chi connectivity index (χ0v) is 15.5. The molecule has 0 spiro atoms. The Morgan fingerprint density at radius 3 is 2.07 bits per heavy atom. The molecule has 0 heterocycles. The monoisotopic (exact) mass is 370 g/mol. The molecule has 144 valence electrons. The van der Waals surface area contributed by atoms with Crippen molar-refractivity contribution in [2.75, 3.05) is 6.54 Å². The van der Waals surface area contributed by atoms with Gasteiger partial charge in [-0.1, -0.05) is 43.3 Å². The maximum atomic E-state index is 12.3. The predicted octanol–water partition coefficient (Wildman–Crippen LogP) is 1.41. The van der Waals surface area contributed by atoms with E-state index in [1.807, 2.05) is 24.3 Å². The second-order valence-corrected chi connectivity index (χ2v) is 6.34. The van der Waals surface area contributed by atoms with Gasteiger partial charge < -0.3 is 16.4 Å². The summed E-state index contributed by atoms with van der Waals surface area (Å²) in [4.78, 5) is 23.9.